The zero-order chi connectivity index (χ0) is 14.5. The second-order valence-corrected chi connectivity index (χ2v) is 5.28. The first-order valence-electron chi connectivity index (χ1n) is 7.54. The van der Waals surface area contributed by atoms with Crippen molar-refractivity contribution < 1.29 is 0 Å². The zero-order valence-corrected chi connectivity index (χ0v) is 12.3. The van der Waals surface area contributed by atoms with Crippen LogP contribution in [0.5, 0.6) is 0 Å². The quantitative estimate of drug-likeness (QED) is 0.680. The van der Waals surface area contributed by atoms with Gasteiger partial charge in [-0.25, -0.2) is 0 Å². The van der Waals surface area contributed by atoms with Crippen molar-refractivity contribution in [3.63, 3.8) is 0 Å². The van der Waals surface area contributed by atoms with Crippen LogP contribution in [0.1, 0.15) is 30.9 Å². The third-order valence-electron chi connectivity index (χ3n) is 3.68. The first-order valence-corrected chi connectivity index (χ1v) is 7.54. The first kappa shape index (κ1) is 13.6. The van der Waals surface area contributed by atoms with Gasteiger partial charge in [-0.1, -0.05) is 86.2 Å². The van der Waals surface area contributed by atoms with Gasteiger partial charge in [0.25, 0.3) is 0 Å². The Hall–Kier alpha value is -2.34. The second kappa shape index (κ2) is 6.41. The normalized spacial score (nSPS) is 13.4. The topological polar surface area (TPSA) is 0 Å². The van der Waals surface area contributed by atoms with E-state index in [1.54, 1.807) is 0 Å². The Labute approximate surface area is 127 Å². The van der Waals surface area contributed by atoms with Gasteiger partial charge in [0.05, 0.1) is 0 Å². The van der Waals surface area contributed by atoms with Gasteiger partial charge in [0, 0.05) is 0 Å². The Morgan fingerprint density at radius 1 is 0.857 bits per heavy atom. The molecule has 0 aromatic heterocycles. The number of allylic oxidation sites excluding steroid dienone is 5. The van der Waals surface area contributed by atoms with Crippen molar-refractivity contribution in [2.24, 2.45) is 0 Å². The lowest BCUT2D eigenvalue weighted by Crippen LogP contribution is -1.91. The second-order valence-electron chi connectivity index (χ2n) is 5.28. The van der Waals surface area contributed by atoms with Crippen LogP contribution in [0.25, 0.3) is 5.57 Å². The Balaban J connectivity index is 2.13. The van der Waals surface area contributed by atoms with Crippen LogP contribution in [-0.4, -0.2) is 0 Å². The van der Waals surface area contributed by atoms with E-state index in [0.29, 0.717) is 0 Å². The van der Waals surface area contributed by atoms with Gasteiger partial charge < -0.3 is 0 Å². The molecule has 0 bridgehead atoms. The Morgan fingerprint density at radius 2 is 1.43 bits per heavy atom. The van der Waals surface area contributed by atoms with Crippen molar-refractivity contribution in [3.05, 3.63) is 101 Å². The highest BCUT2D eigenvalue weighted by atomic mass is 14.2. The van der Waals surface area contributed by atoms with Gasteiger partial charge in [-0.15, -0.1) is 0 Å². The molecule has 3 rings (SSSR count). The van der Waals surface area contributed by atoms with Crippen molar-refractivity contribution in [1.82, 2.24) is 0 Å². The smallest absolute Gasteiger partial charge is 0.00325 e. The van der Waals surface area contributed by atoms with Gasteiger partial charge in [0.2, 0.25) is 0 Å². The van der Waals surface area contributed by atoms with Crippen LogP contribution in [0.15, 0.2) is 84.0 Å². The fourth-order valence-electron chi connectivity index (χ4n) is 2.70. The zero-order valence-electron chi connectivity index (χ0n) is 12.3. The number of rotatable bonds is 4. The molecule has 2 aromatic rings. The lowest BCUT2D eigenvalue weighted by molar-refractivity contribution is 0.929. The SMILES string of the molecule is CCCC1=CC(=C(c2ccccc2)c2ccccc2)[C]=C1. The molecule has 1 aliphatic rings. The number of benzene rings is 2. The average Bonchev–Trinajstić information content (AvgIpc) is 2.98. The summed E-state index contributed by atoms with van der Waals surface area (Å²) in [6.45, 7) is 2.21. The molecule has 0 heteroatoms. The number of hydrogen-bond donors (Lipinski definition) is 0. The van der Waals surface area contributed by atoms with E-state index in [-0.39, 0.29) is 0 Å². The summed E-state index contributed by atoms with van der Waals surface area (Å²) < 4.78 is 0. The van der Waals surface area contributed by atoms with E-state index in [1.807, 2.05) is 0 Å². The van der Waals surface area contributed by atoms with Crippen molar-refractivity contribution >= 4 is 5.57 Å². The number of hydrogen-bond acceptors (Lipinski definition) is 0. The predicted molar refractivity (Wildman–Crippen MR) is 89.7 cm³/mol. The van der Waals surface area contributed by atoms with Crippen molar-refractivity contribution in [2.45, 2.75) is 19.8 Å². The molecule has 0 unspecified atom stereocenters. The minimum Gasteiger partial charge on any atom is -0.0651 e. The van der Waals surface area contributed by atoms with E-state index in [2.05, 4.69) is 85.8 Å². The Kier molecular flexibility index (Phi) is 4.16. The van der Waals surface area contributed by atoms with Crippen LogP contribution in [0.2, 0.25) is 0 Å². The predicted octanol–water partition coefficient (Wildman–Crippen LogP) is 5.59. The average molecular weight is 271 g/mol. The van der Waals surface area contributed by atoms with Gasteiger partial charge in [0.15, 0.2) is 0 Å². The maximum atomic E-state index is 3.45. The van der Waals surface area contributed by atoms with E-state index in [9.17, 15) is 0 Å². The molecule has 1 aliphatic carbocycles. The lowest BCUT2D eigenvalue weighted by atomic mass is 9.93. The molecular weight excluding hydrogens is 252 g/mol. The van der Waals surface area contributed by atoms with Gasteiger partial charge in [0.1, 0.15) is 0 Å². The first-order chi connectivity index (χ1) is 10.4. The fraction of sp³-hybridized carbons (Fsp3) is 0.143. The summed E-state index contributed by atoms with van der Waals surface area (Å²) in [5.41, 5.74) is 6.31. The maximum absolute atomic E-state index is 3.45. The molecule has 0 N–H and O–H groups in total. The van der Waals surface area contributed by atoms with Crippen molar-refractivity contribution in [1.29, 1.82) is 0 Å². The maximum Gasteiger partial charge on any atom is -0.00325 e. The Bertz CT molecular complexity index is 644. The minimum atomic E-state index is 1.12. The van der Waals surface area contributed by atoms with E-state index in [1.165, 1.54) is 34.3 Å². The van der Waals surface area contributed by atoms with E-state index in [4.69, 9.17) is 0 Å². The molecule has 21 heavy (non-hydrogen) atoms. The van der Waals surface area contributed by atoms with Crippen LogP contribution in [-0.2, 0) is 0 Å². The van der Waals surface area contributed by atoms with E-state index < -0.39 is 0 Å². The minimum absolute atomic E-state index is 1.12. The summed E-state index contributed by atoms with van der Waals surface area (Å²) in [6, 6.07) is 21.2. The standard InChI is InChI=1S/C21H19/c1-2-9-17-14-15-20(16-17)21(18-10-5-3-6-11-18)19-12-7-4-8-13-19/h3-8,10-14,16H,2,9H2,1H3. The summed E-state index contributed by atoms with van der Waals surface area (Å²) in [7, 11) is 0. The summed E-state index contributed by atoms with van der Waals surface area (Å²) in [5.74, 6) is 0. The molecule has 0 heterocycles. The molecular formula is C21H19. The lowest BCUT2D eigenvalue weighted by Gasteiger charge is -2.10. The summed E-state index contributed by atoms with van der Waals surface area (Å²) >= 11 is 0. The van der Waals surface area contributed by atoms with Crippen LogP contribution in [0.4, 0.5) is 0 Å². The van der Waals surface area contributed by atoms with Gasteiger partial charge in [-0.05, 0) is 40.3 Å². The highest BCUT2D eigenvalue weighted by Gasteiger charge is 2.12. The summed E-state index contributed by atoms with van der Waals surface area (Å²) in [4.78, 5) is 0. The third kappa shape index (κ3) is 3.05. The monoisotopic (exact) mass is 271 g/mol. The van der Waals surface area contributed by atoms with Gasteiger partial charge in [-0.3, -0.25) is 0 Å². The molecule has 103 valence electrons. The molecule has 0 atom stereocenters. The third-order valence-corrected chi connectivity index (χ3v) is 3.68. The van der Waals surface area contributed by atoms with Crippen LogP contribution in [0.3, 0.4) is 0 Å². The fourth-order valence-corrected chi connectivity index (χ4v) is 2.70. The molecule has 0 nitrogen and oxygen atoms in total. The van der Waals surface area contributed by atoms with E-state index in [0.717, 1.165) is 6.42 Å². The van der Waals surface area contributed by atoms with Crippen LogP contribution in [0, 0.1) is 6.08 Å². The van der Waals surface area contributed by atoms with Gasteiger partial charge >= 0.3 is 0 Å². The highest BCUT2D eigenvalue weighted by Crippen LogP contribution is 2.31. The van der Waals surface area contributed by atoms with Crippen molar-refractivity contribution in [3.8, 4) is 0 Å². The molecule has 0 saturated carbocycles. The molecule has 0 fully saturated rings. The largest absolute Gasteiger partial charge is 0.0651 e. The molecule has 0 aliphatic heterocycles. The molecule has 1 radical (unpaired) electrons. The molecule has 2 aromatic carbocycles. The molecule has 0 saturated heterocycles. The Morgan fingerprint density at radius 3 is 1.95 bits per heavy atom. The van der Waals surface area contributed by atoms with Crippen LogP contribution >= 0.6 is 0 Å². The van der Waals surface area contributed by atoms with E-state index >= 15 is 0 Å². The van der Waals surface area contributed by atoms with Gasteiger partial charge in [-0.2, -0.15) is 0 Å². The van der Waals surface area contributed by atoms with Crippen molar-refractivity contribution in [2.75, 3.05) is 0 Å². The van der Waals surface area contributed by atoms with Crippen LogP contribution < -0.4 is 0 Å². The summed E-state index contributed by atoms with van der Waals surface area (Å²) in [6.07, 6.45) is 10.1. The highest BCUT2D eigenvalue weighted by molar-refractivity contribution is 5.85. The molecule has 0 spiro atoms. The summed E-state index contributed by atoms with van der Waals surface area (Å²) in [5, 5.41) is 0. The molecule has 0 amide bonds.